The first-order chi connectivity index (χ1) is 13.3. The minimum Gasteiger partial charge on any atom is -0.348 e. The van der Waals surface area contributed by atoms with E-state index < -0.39 is 0 Å². The lowest BCUT2D eigenvalue weighted by Crippen LogP contribution is -2.29. The van der Waals surface area contributed by atoms with Crippen molar-refractivity contribution in [2.24, 2.45) is 0 Å². The molecule has 2 N–H and O–H groups in total. The number of thiazole rings is 1. The lowest BCUT2D eigenvalue weighted by atomic mass is 9.98. The fourth-order valence-electron chi connectivity index (χ4n) is 3.34. The van der Waals surface area contributed by atoms with Crippen molar-refractivity contribution in [3.8, 4) is 11.3 Å². The van der Waals surface area contributed by atoms with Crippen LogP contribution in [0.3, 0.4) is 0 Å². The van der Waals surface area contributed by atoms with Crippen LogP contribution in [-0.4, -0.2) is 16.8 Å². The summed E-state index contributed by atoms with van der Waals surface area (Å²) in [6.07, 6.45) is 0.164. The van der Waals surface area contributed by atoms with E-state index in [0.717, 1.165) is 16.1 Å². The second kappa shape index (κ2) is 8.67. The molecular weight excluding hydrogens is 390 g/mol. The number of aromatic nitrogens is 1. The number of nitrogens with one attached hydrogen (secondary N) is 2. The number of nitrogens with zero attached hydrogens (tertiary/aromatic N) is 1. The van der Waals surface area contributed by atoms with Crippen LogP contribution in [0.4, 0.5) is 5.13 Å². The Kier molecular flexibility index (Phi) is 6.26. The van der Waals surface area contributed by atoms with Crippen LogP contribution in [-0.2, 0) is 9.59 Å². The Hall–Kier alpha value is -2.51. The first-order valence-corrected chi connectivity index (χ1v) is 10.7. The number of carbonyl (C=O) groups excluding carboxylic acids is 2. The molecule has 0 saturated carbocycles. The van der Waals surface area contributed by atoms with Crippen molar-refractivity contribution in [1.29, 1.82) is 0 Å². The molecule has 2 amide bonds. The zero-order valence-corrected chi connectivity index (χ0v) is 18.0. The molecule has 0 spiro atoms. The number of thiophene rings is 1. The van der Waals surface area contributed by atoms with E-state index in [-0.39, 0.29) is 24.3 Å². The summed E-state index contributed by atoms with van der Waals surface area (Å²) in [6, 6.07) is 7.77. The topological polar surface area (TPSA) is 71.1 Å². The van der Waals surface area contributed by atoms with Gasteiger partial charge in [0.1, 0.15) is 0 Å². The van der Waals surface area contributed by atoms with Crippen molar-refractivity contribution in [2.45, 2.75) is 40.2 Å². The van der Waals surface area contributed by atoms with Crippen LogP contribution in [0.25, 0.3) is 11.3 Å². The highest BCUT2D eigenvalue weighted by molar-refractivity contribution is 7.14. The molecule has 2 heterocycles. The number of benzene rings is 1. The average molecular weight is 414 g/mol. The minimum absolute atomic E-state index is 0.159. The second-order valence-corrected chi connectivity index (χ2v) is 8.67. The third-order valence-electron chi connectivity index (χ3n) is 4.34. The highest BCUT2D eigenvalue weighted by Crippen LogP contribution is 2.31. The molecule has 0 aliphatic carbocycles. The second-order valence-electron chi connectivity index (χ2n) is 6.83. The number of hydrogen-bond acceptors (Lipinski definition) is 5. The van der Waals surface area contributed by atoms with Gasteiger partial charge in [0.15, 0.2) is 5.13 Å². The fraction of sp³-hybridized carbons (Fsp3) is 0.286. The number of hydrogen-bond donors (Lipinski definition) is 2. The van der Waals surface area contributed by atoms with Gasteiger partial charge in [0.05, 0.1) is 18.2 Å². The van der Waals surface area contributed by atoms with E-state index in [9.17, 15) is 9.59 Å². The number of aryl methyl sites for hydroxylation is 3. The van der Waals surface area contributed by atoms with E-state index in [1.807, 2.05) is 22.9 Å². The zero-order chi connectivity index (χ0) is 20.3. The third-order valence-corrected chi connectivity index (χ3v) is 6.08. The third kappa shape index (κ3) is 4.85. The molecule has 0 radical (unpaired) electrons. The van der Waals surface area contributed by atoms with Gasteiger partial charge in [0.25, 0.3) is 0 Å². The first-order valence-electron chi connectivity index (χ1n) is 8.97. The lowest BCUT2D eigenvalue weighted by Gasteiger charge is -2.15. The molecule has 3 rings (SSSR count). The molecule has 5 nitrogen and oxygen atoms in total. The van der Waals surface area contributed by atoms with Gasteiger partial charge in [0, 0.05) is 22.7 Å². The van der Waals surface area contributed by atoms with Gasteiger partial charge in [-0.1, -0.05) is 23.8 Å². The van der Waals surface area contributed by atoms with Gasteiger partial charge in [-0.25, -0.2) is 4.98 Å². The highest BCUT2D eigenvalue weighted by atomic mass is 32.1. The number of carbonyl (C=O) groups is 2. The molecule has 146 valence electrons. The maximum atomic E-state index is 12.5. The number of rotatable bonds is 6. The SMILES string of the molecule is CC(=O)NC(CC(=O)Nc1nc(-c2c(C)cc(C)cc2C)cs1)c1cccs1. The fourth-order valence-corrected chi connectivity index (χ4v) is 4.84. The van der Waals surface area contributed by atoms with Gasteiger partial charge in [-0.2, -0.15) is 0 Å². The van der Waals surface area contributed by atoms with Gasteiger partial charge in [0.2, 0.25) is 11.8 Å². The molecule has 1 atom stereocenters. The monoisotopic (exact) mass is 413 g/mol. The summed E-state index contributed by atoms with van der Waals surface area (Å²) in [5, 5.41) is 10.2. The molecule has 1 unspecified atom stereocenters. The Balaban J connectivity index is 1.72. The minimum atomic E-state index is -0.335. The van der Waals surface area contributed by atoms with Gasteiger partial charge in [-0.15, -0.1) is 22.7 Å². The van der Waals surface area contributed by atoms with E-state index in [1.54, 1.807) is 0 Å². The quantitative estimate of drug-likeness (QED) is 0.597. The summed E-state index contributed by atoms with van der Waals surface area (Å²) in [7, 11) is 0. The largest absolute Gasteiger partial charge is 0.348 e. The molecule has 0 saturated heterocycles. The maximum Gasteiger partial charge on any atom is 0.228 e. The lowest BCUT2D eigenvalue weighted by molar-refractivity contribution is -0.120. The van der Waals surface area contributed by atoms with Gasteiger partial charge in [-0.05, 0) is 43.3 Å². The number of amides is 2. The molecule has 0 fully saturated rings. The Bertz CT molecular complexity index is 970. The molecule has 3 aromatic rings. The molecule has 0 aliphatic heterocycles. The van der Waals surface area contributed by atoms with Crippen LogP contribution in [0.15, 0.2) is 35.0 Å². The Morgan fingerprint density at radius 2 is 1.86 bits per heavy atom. The average Bonchev–Trinajstić information content (AvgIpc) is 3.25. The van der Waals surface area contributed by atoms with Crippen LogP contribution >= 0.6 is 22.7 Å². The number of anilines is 1. The van der Waals surface area contributed by atoms with Crippen molar-refractivity contribution in [2.75, 3.05) is 5.32 Å². The summed E-state index contributed by atoms with van der Waals surface area (Å²) in [6.45, 7) is 7.69. The van der Waals surface area contributed by atoms with E-state index in [1.165, 1.54) is 46.3 Å². The normalized spacial score (nSPS) is 11.9. The predicted molar refractivity (Wildman–Crippen MR) is 116 cm³/mol. The molecule has 2 aromatic heterocycles. The summed E-state index contributed by atoms with van der Waals surface area (Å²) >= 11 is 2.92. The Labute approximate surface area is 172 Å². The maximum absolute atomic E-state index is 12.5. The molecule has 1 aromatic carbocycles. The summed E-state index contributed by atoms with van der Waals surface area (Å²) in [5.74, 6) is -0.335. The van der Waals surface area contributed by atoms with E-state index in [0.29, 0.717) is 5.13 Å². The van der Waals surface area contributed by atoms with Crippen molar-refractivity contribution >= 4 is 39.6 Å². The molecule has 0 aliphatic rings. The van der Waals surface area contributed by atoms with E-state index >= 15 is 0 Å². The Morgan fingerprint density at radius 1 is 1.14 bits per heavy atom. The van der Waals surface area contributed by atoms with Crippen molar-refractivity contribution in [3.63, 3.8) is 0 Å². The smallest absolute Gasteiger partial charge is 0.228 e. The first kappa shape index (κ1) is 20.2. The van der Waals surface area contributed by atoms with Gasteiger partial charge < -0.3 is 10.6 Å². The zero-order valence-electron chi connectivity index (χ0n) is 16.3. The summed E-state index contributed by atoms with van der Waals surface area (Å²) in [4.78, 5) is 29.6. The van der Waals surface area contributed by atoms with Crippen molar-refractivity contribution in [3.05, 3.63) is 56.6 Å². The van der Waals surface area contributed by atoms with E-state index in [2.05, 4.69) is 48.5 Å². The van der Waals surface area contributed by atoms with Gasteiger partial charge in [-0.3, -0.25) is 9.59 Å². The standard InChI is InChI=1S/C21H23N3O2S2/c1-12-8-13(2)20(14(3)9-12)17-11-28-21(23-17)24-19(26)10-16(22-15(4)25)18-6-5-7-27-18/h5-9,11,16H,10H2,1-4H3,(H,22,25)(H,23,24,26). The van der Waals surface area contributed by atoms with Gasteiger partial charge >= 0.3 is 0 Å². The molecule has 7 heteroatoms. The Morgan fingerprint density at radius 3 is 2.46 bits per heavy atom. The molecule has 0 bridgehead atoms. The van der Waals surface area contributed by atoms with Crippen LogP contribution < -0.4 is 10.6 Å². The van der Waals surface area contributed by atoms with Crippen LogP contribution in [0.5, 0.6) is 0 Å². The predicted octanol–water partition coefficient (Wildman–Crippen LogP) is 5.00. The van der Waals surface area contributed by atoms with Crippen molar-refractivity contribution < 1.29 is 9.59 Å². The van der Waals surface area contributed by atoms with Crippen LogP contribution in [0, 0.1) is 20.8 Å². The summed E-state index contributed by atoms with van der Waals surface area (Å²) in [5.41, 5.74) is 5.54. The summed E-state index contributed by atoms with van der Waals surface area (Å²) < 4.78 is 0. The molecular formula is C21H23N3O2S2. The van der Waals surface area contributed by atoms with Crippen LogP contribution in [0.2, 0.25) is 0 Å². The van der Waals surface area contributed by atoms with E-state index in [4.69, 9.17) is 0 Å². The highest BCUT2D eigenvalue weighted by Gasteiger charge is 2.19. The van der Waals surface area contributed by atoms with Crippen molar-refractivity contribution in [1.82, 2.24) is 10.3 Å². The van der Waals surface area contributed by atoms with Crippen LogP contribution in [0.1, 0.15) is 41.0 Å². The molecule has 28 heavy (non-hydrogen) atoms.